The van der Waals surface area contributed by atoms with Gasteiger partial charge in [0.1, 0.15) is 5.25 Å². The van der Waals surface area contributed by atoms with Crippen LogP contribution >= 0.6 is 11.6 Å². The molecule has 114 valence electrons. The fourth-order valence-electron chi connectivity index (χ4n) is 2.14. The van der Waals surface area contributed by atoms with Crippen LogP contribution < -0.4 is 10.0 Å². The summed E-state index contributed by atoms with van der Waals surface area (Å²) in [6, 6.07) is 4.33. The van der Waals surface area contributed by atoms with E-state index in [0.717, 1.165) is 0 Å². The number of anilines is 1. The van der Waals surface area contributed by atoms with Crippen molar-refractivity contribution in [3.05, 3.63) is 28.8 Å². The molecule has 1 heterocycles. The topological polar surface area (TPSA) is 107 Å². The van der Waals surface area contributed by atoms with Crippen molar-refractivity contribution in [3.8, 4) is 0 Å². The van der Waals surface area contributed by atoms with Gasteiger partial charge in [0.25, 0.3) is 0 Å². The van der Waals surface area contributed by atoms with Crippen molar-refractivity contribution < 1.29 is 22.7 Å². The number of rotatable bonds is 3. The summed E-state index contributed by atoms with van der Waals surface area (Å²) in [5.41, 5.74) is 0.343. The van der Waals surface area contributed by atoms with Crippen LogP contribution in [0.3, 0.4) is 0 Å². The number of amides is 1. The van der Waals surface area contributed by atoms with Crippen LogP contribution in [-0.4, -0.2) is 39.2 Å². The number of nitrogens with zero attached hydrogens (tertiary/aromatic N) is 1. The second-order valence-corrected chi connectivity index (χ2v) is 6.85. The molecule has 1 saturated heterocycles. The summed E-state index contributed by atoms with van der Waals surface area (Å²) < 4.78 is 27.4. The van der Waals surface area contributed by atoms with Crippen LogP contribution in [0.15, 0.2) is 18.2 Å². The highest BCUT2D eigenvalue weighted by molar-refractivity contribution is 7.89. The van der Waals surface area contributed by atoms with Crippen molar-refractivity contribution in [2.45, 2.75) is 11.7 Å². The number of esters is 1. The second-order valence-electron chi connectivity index (χ2n) is 4.57. The van der Waals surface area contributed by atoms with Gasteiger partial charge in [-0.15, -0.1) is 0 Å². The standard InChI is InChI=1S/C12H13ClN2O5S/c1-20-12(17)9-4-7(13)2-3-10(9)15-6-8(5-11(15)16)21(14,18)19/h2-4,8H,5-6H2,1H3,(H2,14,18,19). The van der Waals surface area contributed by atoms with Crippen LogP contribution in [0.1, 0.15) is 16.8 Å². The van der Waals surface area contributed by atoms with E-state index >= 15 is 0 Å². The molecule has 1 amide bonds. The minimum atomic E-state index is -3.83. The van der Waals surface area contributed by atoms with Crippen molar-refractivity contribution in [2.75, 3.05) is 18.6 Å². The van der Waals surface area contributed by atoms with Crippen LogP contribution in [-0.2, 0) is 19.6 Å². The molecule has 0 saturated carbocycles. The highest BCUT2D eigenvalue weighted by Crippen LogP contribution is 2.30. The Bertz CT molecular complexity index is 704. The number of primary sulfonamides is 1. The van der Waals surface area contributed by atoms with Crippen molar-refractivity contribution >= 4 is 39.2 Å². The summed E-state index contributed by atoms with van der Waals surface area (Å²) in [4.78, 5) is 25.0. The normalized spacial score (nSPS) is 18.9. The molecule has 1 aromatic rings. The number of nitrogens with two attached hydrogens (primary N) is 1. The molecule has 0 bridgehead atoms. The Hall–Kier alpha value is -1.64. The Morgan fingerprint density at radius 1 is 1.48 bits per heavy atom. The number of hydrogen-bond acceptors (Lipinski definition) is 5. The number of methoxy groups -OCH3 is 1. The summed E-state index contributed by atoms with van der Waals surface area (Å²) in [6.45, 7) is -0.108. The van der Waals surface area contributed by atoms with Crippen LogP contribution in [0.5, 0.6) is 0 Å². The molecule has 9 heteroatoms. The summed E-state index contributed by atoms with van der Waals surface area (Å²) in [7, 11) is -2.63. The lowest BCUT2D eigenvalue weighted by Gasteiger charge is -2.19. The molecule has 2 N–H and O–H groups in total. The van der Waals surface area contributed by atoms with Gasteiger partial charge >= 0.3 is 5.97 Å². The first-order valence-corrected chi connectivity index (χ1v) is 7.92. The van der Waals surface area contributed by atoms with Gasteiger partial charge in [-0.3, -0.25) is 4.79 Å². The highest BCUT2D eigenvalue weighted by atomic mass is 35.5. The molecule has 0 radical (unpaired) electrons. The van der Waals surface area contributed by atoms with Gasteiger partial charge in [0.05, 0.1) is 18.4 Å². The summed E-state index contributed by atoms with van der Waals surface area (Å²) in [5, 5.41) is 4.38. The lowest BCUT2D eigenvalue weighted by molar-refractivity contribution is -0.117. The molecular formula is C12H13ClN2O5S. The monoisotopic (exact) mass is 332 g/mol. The fraction of sp³-hybridized carbons (Fsp3) is 0.333. The van der Waals surface area contributed by atoms with E-state index in [1.807, 2.05) is 0 Å². The van der Waals surface area contributed by atoms with Crippen LogP contribution in [0.4, 0.5) is 5.69 Å². The van der Waals surface area contributed by atoms with Crippen LogP contribution in [0, 0.1) is 0 Å². The minimum Gasteiger partial charge on any atom is -0.465 e. The Kier molecular flexibility index (Phi) is 4.22. The maximum absolute atomic E-state index is 12.0. The fourth-order valence-corrected chi connectivity index (χ4v) is 3.05. The Morgan fingerprint density at radius 2 is 2.14 bits per heavy atom. The minimum absolute atomic E-state index is 0.0911. The van der Waals surface area contributed by atoms with E-state index in [1.54, 1.807) is 0 Å². The zero-order valence-electron chi connectivity index (χ0n) is 11.1. The number of carbonyl (C=O) groups is 2. The number of benzene rings is 1. The van der Waals surface area contributed by atoms with Crippen LogP contribution in [0.2, 0.25) is 5.02 Å². The molecule has 1 aromatic carbocycles. The largest absolute Gasteiger partial charge is 0.465 e. The molecule has 1 unspecified atom stereocenters. The van der Waals surface area contributed by atoms with E-state index in [4.69, 9.17) is 16.7 Å². The third kappa shape index (κ3) is 3.17. The molecule has 1 aliphatic heterocycles. The maximum Gasteiger partial charge on any atom is 0.340 e. The quantitative estimate of drug-likeness (QED) is 0.812. The van der Waals surface area contributed by atoms with Gasteiger partial charge < -0.3 is 9.64 Å². The van der Waals surface area contributed by atoms with Gasteiger partial charge in [-0.1, -0.05) is 11.6 Å². The molecule has 21 heavy (non-hydrogen) atoms. The number of carbonyl (C=O) groups excluding carboxylic acids is 2. The van der Waals surface area contributed by atoms with E-state index in [-0.39, 0.29) is 24.2 Å². The third-order valence-corrected chi connectivity index (χ3v) is 4.69. The first-order valence-electron chi connectivity index (χ1n) is 5.94. The summed E-state index contributed by atoms with van der Waals surface area (Å²) in [6.07, 6.45) is -0.220. The van der Waals surface area contributed by atoms with E-state index in [0.29, 0.717) is 5.02 Å². The smallest absolute Gasteiger partial charge is 0.340 e. The van der Waals surface area contributed by atoms with Gasteiger partial charge in [0.2, 0.25) is 15.9 Å². The lowest BCUT2D eigenvalue weighted by Crippen LogP contribution is -2.32. The number of sulfonamides is 1. The molecular weight excluding hydrogens is 320 g/mol. The molecule has 7 nitrogen and oxygen atoms in total. The molecule has 0 aliphatic carbocycles. The van der Waals surface area contributed by atoms with E-state index < -0.39 is 27.1 Å². The second kappa shape index (κ2) is 5.63. The Balaban J connectivity index is 2.43. The molecule has 1 atom stereocenters. The van der Waals surface area contributed by atoms with Gasteiger partial charge in [-0.2, -0.15) is 0 Å². The molecule has 0 aromatic heterocycles. The average Bonchev–Trinajstić information content (AvgIpc) is 2.80. The summed E-state index contributed by atoms with van der Waals surface area (Å²) in [5.74, 6) is -1.10. The predicted octanol–water partition coefficient (Wildman–Crippen LogP) is 0.520. The first-order chi connectivity index (χ1) is 9.74. The molecule has 1 fully saturated rings. The van der Waals surface area contributed by atoms with Gasteiger partial charge in [0, 0.05) is 18.0 Å². The maximum atomic E-state index is 12.0. The zero-order chi connectivity index (χ0) is 15.8. The average molecular weight is 333 g/mol. The first kappa shape index (κ1) is 15.7. The van der Waals surface area contributed by atoms with Crippen molar-refractivity contribution in [2.24, 2.45) is 5.14 Å². The summed E-state index contributed by atoms with van der Waals surface area (Å²) >= 11 is 5.84. The molecule has 1 aliphatic rings. The van der Waals surface area contributed by atoms with Gasteiger partial charge in [-0.25, -0.2) is 18.4 Å². The number of hydrogen-bond donors (Lipinski definition) is 1. The highest BCUT2D eigenvalue weighted by Gasteiger charge is 2.38. The van der Waals surface area contributed by atoms with E-state index in [2.05, 4.69) is 4.74 Å². The van der Waals surface area contributed by atoms with E-state index in [9.17, 15) is 18.0 Å². The number of halogens is 1. The van der Waals surface area contributed by atoms with Gasteiger partial charge in [0.15, 0.2) is 0 Å². The Labute approximate surface area is 126 Å². The third-order valence-electron chi connectivity index (χ3n) is 3.21. The molecule has 0 spiro atoms. The van der Waals surface area contributed by atoms with Crippen molar-refractivity contribution in [1.29, 1.82) is 0 Å². The van der Waals surface area contributed by atoms with Crippen molar-refractivity contribution in [3.63, 3.8) is 0 Å². The van der Waals surface area contributed by atoms with E-state index in [1.165, 1.54) is 30.2 Å². The van der Waals surface area contributed by atoms with Crippen LogP contribution in [0.25, 0.3) is 0 Å². The predicted molar refractivity (Wildman–Crippen MR) is 76.7 cm³/mol. The molecule has 2 rings (SSSR count). The Morgan fingerprint density at radius 3 is 2.67 bits per heavy atom. The zero-order valence-corrected chi connectivity index (χ0v) is 12.6. The number of ether oxygens (including phenoxy) is 1. The SMILES string of the molecule is COC(=O)c1cc(Cl)ccc1N1CC(S(N)(=O)=O)CC1=O. The lowest BCUT2D eigenvalue weighted by atomic mass is 10.1. The van der Waals surface area contributed by atoms with Gasteiger partial charge in [-0.05, 0) is 18.2 Å². The van der Waals surface area contributed by atoms with Crippen molar-refractivity contribution in [1.82, 2.24) is 0 Å².